The van der Waals surface area contributed by atoms with Gasteiger partial charge in [0.1, 0.15) is 5.75 Å². The number of rotatable bonds is 8. The van der Waals surface area contributed by atoms with Crippen LogP contribution in [0.2, 0.25) is 0 Å². The number of carbonyl (C=O) groups is 3. The molecule has 0 saturated heterocycles. The van der Waals surface area contributed by atoms with E-state index in [2.05, 4.69) is 10.6 Å². The van der Waals surface area contributed by atoms with Gasteiger partial charge in [-0.15, -0.1) is 0 Å². The minimum absolute atomic E-state index is 0.0145. The van der Waals surface area contributed by atoms with Crippen molar-refractivity contribution in [2.24, 2.45) is 5.92 Å². The zero-order valence-electron chi connectivity index (χ0n) is 27.9. The summed E-state index contributed by atoms with van der Waals surface area (Å²) in [6, 6.07) is 22.8. The number of nitrogens with one attached hydrogen (secondary N) is 2. The molecule has 10 nitrogen and oxygen atoms in total. The van der Waals surface area contributed by atoms with Crippen molar-refractivity contribution in [3.8, 4) is 5.75 Å². The van der Waals surface area contributed by atoms with Crippen LogP contribution in [-0.2, 0) is 16.0 Å². The van der Waals surface area contributed by atoms with E-state index in [1.807, 2.05) is 62.4 Å². The highest BCUT2D eigenvalue weighted by Gasteiger charge is 2.31. The van der Waals surface area contributed by atoms with Crippen molar-refractivity contribution in [1.82, 2.24) is 9.80 Å². The van der Waals surface area contributed by atoms with Crippen LogP contribution >= 0.6 is 0 Å². The van der Waals surface area contributed by atoms with Gasteiger partial charge in [0, 0.05) is 44.0 Å². The van der Waals surface area contributed by atoms with Gasteiger partial charge in [0.05, 0.1) is 36.8 Å². The van der Waals surface area contributed by atoms with Gasteiger partial charge < -0.3 is 35.0 Å². The van der Waals surface area contributed by atoms with Crippen molar-refractivity contribution in [3.63, 3.8) is 0 Å². The Hall–Kier alpha value is -4.41. The van der Waals surface area contributed by atoms with Crippen LogP contribution < -0.4 is 15.4 Å². The third-order valence-electron chi connectivity index (χ3n) is 8.42. The molecule has 47 heavy (non-hydrogen) atoms. The zero-order chi connectivity index (χ0) is 33.8. The van der Waals surface area contributed by atoms with Crippen LogP contribution in [0.5, 0.6) is 5.75 Å². The summed E-state index contributed by atoms with van der Waals surface area (Å²) in [6.45, 7) is 6.66. The molecule has 1 aliphatic heterocycles. The van der Waals surface area contributed by atoms with Crippen LogP contribution in [0.15, 0.2) is 78.9 Å². The lowest BCUT2D eigenvalue weighted by Crippen LogP contribution is -2.48. The van der Waals surface area contributed by atoms with Gasteiger partial charge in [0.15, 0.2) is 0 Å². The van der Waals surface area contributed by atoms with Crippen LogP contribution in [0.4, 0.5) is 16.2 Å². The molecule has 0 bridgehead atoms. The highest BCUT2D eigenvalue weighted by atomic mass is 16.5. The number of nitrogens with zero attached hydrogens (tertiary/aromatic N) is 2. The zero-order valence-corrected chi connectivity index (χ0v) is 27.9. The van der Waals surface area contributed by atoms with Crippen LogP contribution in [-0.4, -0.2) is 84.4 Å². The largest absolute Gasteiger partial charge is 0.490 e. The molecule has 10 heteroatoms. The number of benzene rings is 3. The molecule has 1 heterocycles. The first-order valence-electron chi connectivity index (χ1n) is 16.4. The second kappa shape index (κ2) is 17.5. The van der Waals surface area contributed by atoms with E-state index in [4.69, 9.17) is 9.47 Å². The van der Waals surface area contributed by atoms with Crippen molar-refractivity contribution in [1.29, 1.82) is 0 Å². The van der Waals surface area contributed by atoms with Crippen LogP contribution in [0.3, 0.4) is 0 Å². The number of fused-ring (bicyclic) bond motifs is 1. The molecule has 1 aliphatic rings. The van der Waals surface area contributed by atoms with Gasteiger partial charge in [-0.25, -0.2) is 4.79 Å². The molecule has 0 radical (unpaired) electrons. The molecule has 4 atom stereocenters. The summed E-state index contributed by atoms with van der Waals surface area (Å²) in [5, 5.41) is 15.8. The van der Waals surface area contributed by atoms with E-state index in [1.54, 1.807) is 54.1 Å². The number of hydrogen-bond acceptors (Lipinski definition) is 6. The first kappa shape index (κ1) is 35.4. The fourth-order valence-corrected chi connectivity index (χ4v) is 5.56. The average Bonchev–Trinajstić information content (AvgIpc) is 3.06. The van der Waals surface area contributed by atoms with Gasteiger partial charge in [-0.1, -0.05) is 55.5 Å². The number of para-hydroxylation sites is 1. The quantitative estimate of drug-likeness (QED) is 0.284. The molecule has 0 saturated carbocycles. The molecule has 4 rings (SSSR count). The fourth-order valence-electron chi connectivity index (χ4n) is 5.56. The Labute approximate surface area is 278 Å². The maximum atomic E-state index is 14.3. The van der Waals surface area contributed by atoms with E-state index in [9.17, 15) is 19.5 Å². The van der Waals surface area contributed by atoms with E-state index in [0.29, 0.717) is 36.7 Å². The molecule has 0 aromatic heterocycles. The fraction of sp³-hybridized carbons (Fsp3) is 0.432. The Morgan fingerprint density at radius 3 is 2.36 bits per heavy atom. The highest BCUT2D eigenvalue weighted by molar-refractivity contribution is 6.02. The van der Waals surface area contributed by atoms with E-state index in [0.717, 1.165) is 24.8 Å². The van der Waals surface area contributed by atoms with E-state index >= 15 is 0 Å². The molecule has 3 aromatic rings. The average molecular weight is 645 g/mol. The lowest BCUT2D eigenvalue weighted by atomic mass is 10.0. The van der Waals surface area contributed by atoms with Gasteiger partial charge in [-0.2, -0.15) is 0 Å². The minimum Gasteiger partial charge on any atom is -0.490 e. The third-order valence-corrected chi connectivity index (χ3v) is 8.42. The molecular formula is C37H48N4O6. The Morgan fingerprint density at radius 1 is 0.979 bits per heavy atom. The van der Waals surface area contributed by atoms with Crippen molar-refractivity contribution in [3.05, 3.63) is 90.0 Å². The number of carbonyl (C=O) groups excluding carboxylic acids is 3. The first-order valence-corrected chi connectivity index (χ1v) is 16.4. The Morgan fingerprint density at radius 2 is 1.66 bits per heavy atom. The van der Waals surface area contributed by atoms with Gasteiger partial charge in [-0.05, 0) is 69.0 Å². The number of anilines is 2. The summed E-state index contributed by atoms with van der Waals surface area (Å²) in [5.74, 6) is -0.115. The molecule has 3 aromatic carbocycles. The Kier molecular flexibility index (Phi) is 13.2. The lowest BCUT2D eigenvalue weighted by Gasteiger charge is -2.36. The number of aliphatic hydroxyl groups excluding tert-OH is 1. The summed E-state index contributed by atoms with van der Waals surface area (Å²) in [6.07, 6.45) is 2.21. The molecule has 0 unspecified atom stereocenters. The van der Waals surface area contributed by atoms with E-state index < -0.39 is 12.1 Å². The molecule has 0 spiro atoms. The number of likely N-dealkylation sites (N-methyl/N-ethyl adjacent to an activating group) is 1. The topological polar surface area (TPSA) is 120 Å². The predicted molar refractivity (Wildman–Crippen MR) is 184 cm³/mol. The molecule has 0 aliphatic carbocycles. The Balaban J connectivity index is 1.58. The van der Waals surface area contributed by atoms with Crippen LogP contribution in [0.1, 0.15) is 56.0 Å². The number of ether oxygens (including phenoxy) is 2. The maximum absolute atomic E-state index is 14.3. The van der Waals surface area contributed by atoms with Gasteiger partial charge in [0.25, 0.3) is 5.91 Å². The monoisotopic (exact) mass is 644 g/mol. The molecule has 3 N–H and O–H groups in total. The number of hydrogen-bond donors (Lipinski definition) is 3. The van der Waals surface area contributed by atoms with Crippen molar-refractivity contribution in [2.45, 2.75) is 64.7 Å². The third kappa shape index (κ3) is 10.6. The van der Waals surface area contributed by atoms with Gasteiger partial charge in [-0.3, -0.25) is 9.59 Å². The van der Waals surface area contributed by atoms with Crippen LogP contribution in [0, 0.1) is 5.92 Å². The smallest absolute Gasteiger partial charge is 0.323 e. The standard InChI is InChI=1S/C37H48N4O6/c1-26-23-41(27(2)25-42)36(44)32-22-31(39-37(45)38-30-16-9-6-10-17-30)18-19-33(32)47-28(3)13-11-12-20-46-34(26)24-40(4)35(43)21-29-14-7-5-8-15-29/h5-10,14-19,22,26-28,34,42H,11-13,20-21,23-25H2,1-4H3,(H2,38,39,45)/t26-,27+,28-,34-/m0/s1. The second-order valence-corrected chi connectivity index (χ2v) is 12.4. The second-order valence-electron chi connectivity index (χ2n) is 12.4. The number of aliphatic hydroxyl groups is 1. The molecule has 0 fully saturated rings. The summed E-state index contributed by atoms with van der Waals surface area (Å²) in [7, 11) is 1.78. The van der Waals surface area contributed by atoms with E-state index in [1.165, 1.54) is 0 Å². The maximum Gasteiger partial charge on any atom is 0.323 e. The normalized spacial score (nSPS) is 19.8. The summed E-state index contributed by atoms with van der Waals surface area (Å²) >= 11 is 0. The molecular weight excluding hydrogens is 596 g/mol. The number of urea groups is 1. The van der Waals surface area contributed by atoms with Crippen molar-refractivity contribution in [2.75, 3.05) is 44.0 Å². The van der Waals surface area contributed by atoms with Crippen molar-refractivity contribution < 1.29 is 29.0 Å². The SMILES string of the molecule is C[C@H](CO)N1C[C@H](C)[C@H](CN(C)C(=O)Cc2ccccc2)OCCCC[C@H](C)Oc2ccc(NC(=O)Nc3ccccc3)cc2C1=O. The predicted octanol–water partition coefficient (Wildman–Crippen LogP) is 5.83. The summed E-state index contributed by atoms with van der Waals surface area (Å²) in [5.41, 5.74) is 2.29. The first-order chi connectivity index (χ1) is 22.6. The molecule has 4 amide bonds. The van der Waals surface area contributed by atoms with Crippen molar-refractivity contribution >= 4 is 29.2 Å². The lowest BCUT2D eigenvalue weighted by molar-refractivity contribution is -0.131. The van der Waals surface area contributed by atoms with E-state index in [-0.39, 0.29) is 48.7 Å². The van der Waals surface area contributed by atoms with Gasteiger partial charge in [0.2, 0.25) is 5.91 Å². The highest BCUT2D eigenvalue weighted by Crippen LogP contribution is 2.28. The van der Waals surface area contributed by atoms with Gasteiger partial charge >= 0.3 is 6.03 Å². The van der Waals surface area contributed by atoms with Crippen LogP contribution in [0.25, 0.3) is 0 Å². The Bertz CT molecular complexity index is 1450. The minimum atomic E-state index is -0.515. The summed E-state index contributed by atoms with van der Waals surface area (Å²) in [4.78, 5) is 43.6. The molecule has 252 valence electrons. The summed E-state index contributed by atoms with van der Waals surface area (Å²) < 4.78 is 12.7. The number of amides is 4.